The maximum Gasteiger partial charge on any atom is 0.264 e. The number of halogens is 2. The molecule has 1 aromatic carbocycles. The van der Waals surface area contributed by atoms with Gasteiger partial charge in [0, 0.05) is 6.54 Å². The molecule has 4 nitrogen and oxygen atoms in total. The van der Waals surface area contributed by atoms with Crippen LogP contribution in [0.3, 0.4) is 0 Å². The van der Waals surface area contributed by atoms with E-state index < -0.39 is 6.04 Å². The zero-order valence-electron chi connectivity index (χ0n) is 12.1. The first-order chi connectivity index (χ1) is 11.1. The van der Waals surface area contributed by atoms with Gasteiger partial charge in [-0.15, -0.1) is 11.3 Å². The molecule has 2 heterocycles. The summed E-state index contributed by atoms with van der Waals surface area (Å²) in [4.78, 5) is 27.3. The van der Waals surface area contributed by atoms with Crippen LogP contribution in [-0.2, 0) is 4.79 Å². The number of hydrogen-bond acceptors (Lipinski definition) is 3. The fourth-order valence-electron chi connectivity index (χ4n) is 2.64. The second kappa shape index (κ2) is 6.91. The fourth-order valence-corrected chi connectivity index (χ4v) is 3.67. The molecule has 1 saturated heterocycles. The molecule has 0 radical (unpaired) electrons. The van der Waals surface area contributed by atoms with Crippen LogP contribution < -0.4 is 5.32 Å². The molecule has 2 amide bonds. The first kappa shape index (κ1) is 16.3. The van der Waals surface area contributed by atoms with Crippen LogP contribution in [0.25, 0.3) is 0 Å². The first-order valence-corrected chi connectivity index (χ1v) is 8.81. The Morgan fingerprint density at radius 1 is 1.22 bits per heavy atom. The van der Waals surface area contributed by atoms with Crippen molar-refractivity contribution >= 4 is 52.0 Å². The second-order valence-corrected chi connectivity index (χ2v) is 6.96. The van der Waals surface area contributed by atoms with E-state index >= 15 is 0 Å². The fraction of sp³-hybridized carbons (Fsp3) is 0.250. The van der Waals surface area contributed by atoms with E-state index in [1.165, 1.54) is 11.3 Å². The monoisotopic (exact) mass is 368 g/mol. The Balaban J connectivity index is 1.76. The number of carbonyl (C=O) groups is 2. The zero-order chi connectivity index (χ0) is 16.4. The number of hydrogen-bond donors (Lipinski definition) is 1. The van der Waals surface area contributed by atoms with Crippen LogP contribution in [0.15, 0.2) is 35.7 Å². The summed E-state index contributed by atoms with van der Waals surface area (Å²) in [6, 6.07) is 8.17. The standard InChI is InChI=1S/C16H14Cl2N2O2S/c17-10-4-1-5-11(14(10)18)19-15(21)12-6-2-8-20(12)16(22)13-7-3-9-23-13/h1,3-5,7,9,12H,2,6,8H2,(H,19,21). The van der Waals surface area contributed by atoms with Crippen molar-refractivity contribution in [2.45, 2.75) is 18.9 Å². The van der Waals surface area contributed by atoms with Crippen molar-refractivity contribution in [1.29, 1.82) is 0 Å². The quantitative estimate of drug-likeness (QED) is 0.877. The highest BCUT2D eigenvalue weighted by molar-refractivity contribution is 7.12. The number of likely N-dealkylation sites (tertiary alicyclic amines) is 1. The van der Waals surface area contributed by atoms with Crippen LogP contribution in [0.4, 0.5) is 5.69 Å². The summed E-state index contributed by atoms with van der Waals surface area (Å²) in [7, 11) is 0. The minimum Gasteiger partial charge on any atom is -0.326 e. The van der Waals surface area contributed by atoms with Crippen molar-refractivity contribution in [2.24, 2.45) is 0 Å². The third-order valence-corrected chi connectivity index (χ3v) is 5.43. The molecule has 3 rings (SSSR count). The SMILES string of the molecule is O=C(Nc1cccc(Cl)c1Cl)C1CCCN1C(=O)c1cccs1. The van der Waals surface area contributed by atoms with Crippen LogP contribution >= 0.6 is 34.5 Å². The molecule has 1 aromatic heterocycles. The molecular weight excluding hydrogens is 355 g/mol. The summed E-state index contributed by atoms with van der Waals surface area (Å²) >= 11 is 13.4. The van der Waals surface area contributed by atoms with E-state index in [0.29, 0.717) is 33.6 Å². The van der Waals surface area contributed by atoms with E-state index in [0.717, 1.165) is 6.42 Å². The summed E-state index contributed by atoms with van der Waals surface area (Å²) in [6.07, 6.45) is 1.44. The number of nitrogens with zero attached hydrogens (tertiary/aromatic N) is 1. The van der Waals surface area contributed by atoms with Gasteiger partial charge in [0.05, 0.1) is 20.6 Å². The molecule has 0 spiro atoms. The van der Waals surface area contributed by atoms with Crippen LogP contribution in [-0.4, -0.2) is 29.3 Å². The number of thiophene rings is 1. The van der Waals surface area contributed by atoms with Crippen molar-refractivity contribution in [3.05, 3.63) is 50.6 Å². The Kier molecular flexibility index (Phi) is 4.90. The average Bonchev–Trinajstić information content (AvgIpc) is 3.21. The van der Waals surface area contributed by atoms with Gasteiger partial charge in [-0.1, -0.05) is 35.3 Å². The number of carbonyl (C=O) groups excluding carboxylic acids is 2. The summed E-state index contributed by atoms with van der Waals surface area (Å²) in [5.74, 6) is -0.341. The van der Waals surface area contributed by atoms with Gasteiger partial charge in [0.1, 0.15) is 6.04 Å². The molecule has 0 aliphatic carbocycles. The van der Waals surface area contributed by atoms with E-state index in [1.807, 2.05) is 11.4 Å². The summed E-state index contributed by atoms with van der Waals surface area (Å²) < 4.78 is 0. The summed E-state index contributed by atoms with van der Waals surface area (Å²) in [6.45, 7) is 0.581. The highest BCUT2D eigenvalue weighted by Gasteiger charge is 2.35. The lowest BCUT2D eigenvalue weighted by molar-refractivity contribution is -0.119. The number of nitrogens with one attached hydrogen (secondary N) is 1. The third-order valence-electron chi connectivity index (χ3n) is 3.76. The normalized spacial score (nSPS) is 17.3. The smallest absolute Gasteiger partial charge is 0.264 e. The highest BCUT2D eigenvalue weighted by Crippen LogP contribution is 2.30. The van der Waals surface area contributed by atoms with Crippen LogP contribution in [0, 0.1) is 0 Å². The predicted octanol–water partition coefficient (Wildman–Crippen LogP) is 4.30. The predicted molar refractivity (Wildman–Crippen MR) is 93.5 cm³/mol. The van der Waals surface area contributed by atoms with E-state index in [-0.39, 0.29) is 11.8 Å². The molecule has 120 valence electrons. The second-order valence-electron chi connectivity index (χ2n) is 5.22. The molecule has 1 atom stereocenters. The van der Waals surface area contributed by atoms with Crippen molar-refractivity contribution in [2.75, 3.05) is 11.9 Å². The van der Waals surface area contributed by atoms with Crippen LogP contribution in [0.2, 0.25) is 10.0 Å². The van der Waals surface area contributed by atoms with E-state index in [2.05, 4.69) is 5.32 Å². The van der Waals surface area contributed by atoms with Crippen LogP contribution in [0.5, 0.6) is 0 Å². The molecule has 1 fully saturated rings. The lowest BCUT2D eigenvalue weighted by Crippen LogP contribution is -2.43. The number of benzene rings is 1. The largest absolute Gasteiger partial charge is 0.326 e. The third kappa shape index (κ3) is 3.37. The molecule has 7 heteroatoms. The zero-order valence-corrected chi connectivity index (χ0v) is 14.4. The van der Waals surface area contributed by atoms with Gasteiger partial charge >= 0.3 is 0 Å². The maximum absolute atomic E-state index is 12.6. The van der Waals surface area contributed by atoms with Gasteiger partial charge in [-0.2, -0.15) is 0 Å². The maximum atomic E-state index is 12.6. The summed E-state index contributed by atoms with van der Waals surface area (Å²) in [5.41, 5.74) is 0.458. The van der Waals surface area contributed by atoms with E-state index in [4.69, 9.17) is 23.2 Å². The van der Waals surface area contributed by atoms with E-state index in [1.54, 1.807) is 29.2 Å². The van der Waals surface area contributed by atoms with E-state index in [9.17, 15) is 9.59 Å². The van der Waals surface area contributed by atoms with Crippen molar-refractivity contribution in [1.82, 2.24) is 4.90 Å². The molecule has 23 heavy (non-hydrogen) atoms. The number of anilines is 1. The Morgan fingerprint density at radius 3 is 2.78 bits per heavy atom. The Bertz CT molecular complexity index is 734. The van der Waals surface area contributed by atoms with Crippen molar-refractivity contribution < 1.29 is 9.59 Å². The van der Waals surface area contributed by atoms with Gasteiger partial charge in [0.15, 0.2) is 0 Å². The molecular formula is C16H14Cl2N2O2S. The molecule has 0 bridgehead atoms. The molecule has 1 aliphatic rings. The molecule has 2 aromatic rings. The van der Waals surface area contributed by atoms with Gasteiger partial charge in [0.25, 0.3) is 5.91 Å². The van der Waals surface area contributed by atoms with Gasteiger partial charge in [-0.25, -0.2) is 0 Å². The van der Waals surface area contributed by atoms with Gasteiger partial charge < -0.3 is 10.2 Å². The lowest BCUT2D eigenvalue weighted by Gasteiger charge is -2.23. The molecule has 0 saturated carbocycles. The lowest BCUT2D eigenvalue weighted by atomic mass is 10.2. The minimum atomic E-state index is -0.486. The van der Waals surface area contributed by atoms with Gasteiger partial charge in [-0.05, 0) is 36.4 Å². The van der Waals surface area contributed by atoms with Crippen molar-refractivity contribution in [3.8, 4) is 0 Å². The van der Waals surface area contributed by atoms with Crippen LogP contribution in [0.1, 0.15) is 22.5 Å². The van der Waals surface area contributed by atoms with Crippen molar-refractivity contribution in [3.63, 3.8) is 0 Å². The molecule has 1 aliphatic heterocycles. The molecule has 1 N–H and O–H groups in total. The average molecular weight is 369 g/mol. The Labute approximate surface area is 148 Å². The molecule has 1 unspecified atom stereocenters. The number of amides is 2. The Hall–Kier alpha value is -1.56. The van der Waals surface area contributed by atoms with Gasteiger partial charge in [0.2, 0.25) is 5.91 Å². The first-order valence-electron chi connectivity index (χ1n) is 7.17. The summed E-state index contributed by atoms with van der Waals surface area (Å²) in [5, 5.41) is 5.31. The minimum absolute atomic E-state index is 0.102. The Morgan fingerprint density at radius 2 is 2.04 bits per heavy atom. The van der Waals surface area contributed by atoms with Gasteiger partial charge in [-0.3, -0.25) is 9.59 Å². The highest BCUT2D eigenvalue weighted by atomic mass is 35.5. The number of rotatable bonds is 3. The topological polar surface area (TPSA) is 49.4 Å².